The second kappa shape index (κ2) is 11.5. The van der Waals surface area contributed by atoms with Gasteiger partial charge >= 0.3 is 6.09 Å². The third kappa shape index (κ3) is 6.17. The van der Waals surface area contributed by atoms with E-state index in [0.29, 0.717) is 35.8 Å². The molecule has 13 heteroatoms. The van der Waals surface area contributed by atoms with E-state index >= 15 is 0 Å². The van der Waals surface area contributed by atoms with E-state index in [1.54, 1.807) is 36.5 Å². The van der Waals surface area contributed by atoms with Gasteiger partial charge in [-0.25, -0.2) is 19.2 Å². The Morgan fingerprint density at radius 3 is 2.60 bits per heavy atom. The van der Waals surface area contributed by atoms with Gasteiger partial charge in [0.15, 0.2) is 5.82 Å². The molecule has 1 aliphatic heterocycles. The Morgan fingerprint density at radius 2 is 1.93 bits per heavy atom. The van der Waals surface area contributed by atoms with Gasteiger partial charge < -0.3 is 15.0 Å². The van der Waals surface area contributed by atoms with Crippen LogP contribution in [0, 0.1) is 5.82 Å². The Labute approximate surface area is 251 Å². The number of rotatable bonds is 5. The monoisotopic (exact) mass is 609 g/mol. The van der Waals surface area contributed by atoms with Gasteiger partial charge in [-0.05, 0) is 58.4 Å². The number of carbonyl (C=O) groups excluding carboxylic acids is 2. The summed E-state index contributed by atoms with van der Waals surface area (Å²) in [6.07, 6.45) is 5.09. The van der Waals surface area contributed by atoms with E-state index in [2.05, 4.69) is 25.3 Å². The molecule has 4 aromatic rings. The molecule has 1 fully saturated rings. The maximum absolute atomic E-state index is 14.7. The number of aryl methyl sites for hydroxylation is 1. The maximum Gasteiger partial charge on any atom is 0.410 e. The van der Waals surface area contributed by atoms with Crippen LogP contribution in [0.5, 0.6) is 0 Å². The molecule has 2 amide bonds. The molecular formula is C30H36FN7O4S. The SMILES string of the molecule is CC[C@@H]1CN(c2ccc(C(=O)Nc3cc(F)c4nn(C)cc4c3)c3nc(S(C)=O)ncc23)C[C@H](C)N1C(=O)OC(C)(C)C. The van der Waals surface area contributed by atoms with E-state index in [0.717, 1.165) is 5.69 Å². The minimum atomic E-state index is -1.49. The van der Waals surface area contributed by atoms with Gasteiger partial charge in [0.2, 0.25) is 5.16 Å². The van der Waals surface area contributed by atoms with Crippen LogP contribution in [0.4, 0.5) is 20.6 Å². The molecule has 0 spiro atoms. The third-order valence-corrected chi connectivity index (χ3v) is 8.05. The minimum Gasteiger partial charge on any atom is -0.444 e. The zero-order valence-corrected chi connectivity index (χ0v) is 26.2. The number of nitrogens with one attached hydrogen (secondary N) is 1. The van der Waals surface area contributed by atoms with Gasteiger partial charge in [-0.2, -0.15) is 5.10 Å². The fraction of sp³-hybridized carbons (Fsp3) is 0.433. The van der Waals surface area contributed by atoms with E-state index in [1.807, 2.05) is 40.7 Å². The average molecular weight is 610 g/mol. The molecule has 3 atom stereocenters. The zero-order chi connectivity index (χ0) is 31.2. The molecule has 5 rings (SSSR count). The van der Waals surface area contributed by atoms with Crippen molar-refractivity contribution >= 4 is 56.0 Å². The fourth-order valence-electron chi connectivity index (χ4n) is 5.52. The molecule has 43 heavy (non-hydrogen) atoms. The first-order valence-corrected chi connectivity index (χ1v) is 15.6. The first-order valence-electron chi connectivity index (χ1n) is 14.1. The Balaban J connectivity index is 1.50. The number of carbonyl (C=O) groups is 2. The first kappa shape index (κ1) is 30.3. The standard InChI is InChI=1S/C30H36FN7O4S/c1-8-20-16-37(14-17(2)38(20)29(40)42-30(3,4)5)24-10-9-21(26-22(24)13-32-28(34-26)43(7)41)27(39)33-19-11-18-15-36(6)35-25(18)23(31)12-19/h9-13,15,17,20H,8,14,16H2,1-7H3,(H,33,39)/t17-,20+,43?/m0/s1. The number of benzene rings is 2. The smallest absolute Gasteiger partial charge is 0.410 e. The largest absolute Gasteiger partial charge is 0.444 e. The topological polar surface area (TPSA) is 123 Å². The Kier molecular flexibility index (Phi) is 8.12. The first-order chi connectivity index (χ1) is 20.3. The molecule has 0 saturated carbocycles. The van der Waals surface area contributed by atoms with Crippen molar-refractivity contribution in [1.29, 1.82) is 0 Å². The summed E-state index contributed by atoms with van der Waals surface area (Å²) in [5.74, 6) is -1.05. The molecule has 228 valence electrons. The fourth-order valence-corrected chi connectivity index (χ4v) is 5.94. The van der Waals surface area contributed by atoms with E-state index in [4.69, 9.17) is 4.74 Å². The molecule has 1 saturated heterocycles. The molecule has 0 radical (unpaired) electrons. The maximum atomic E-state index is 14.7. The summed E-state index contributed by atoms with van der Waals surface area (Å²) in [4.78, 5) is 39.5. The molecule has 3 heterocycles. The Bertz CT molecular complexity index is 1750. The summed E-state index contributed by atoms with van der Waals surface area (Å²) in [5.41, 5.74) is 1.22. The molecule has 11 nitrogen and oxygen atoms in total. The van der Waals surface area contributed by atoms with Crippen LogP contribution in [0.3, 0.4) is 0 Å². The number of nitrogens with zero attached hydrogens (tertiary/aromatic N) is 6. The highest BCUT2D eigenvalue weighted by molar-refractivity contribution is 7.84. The summed E-state index contributed by atoms with van der Waals surface area (Å²) in [5, 5.41) is 8.13. The molecule has 0 bridgehead atoms. The zero-order valence-electron chi connectivity index (χ0n) is 25.3. The minimum absolute atomic E-state index is 0.0936. The van der Waals surface area contributed by atoms with Crippen molar-refractivity contribution in [1.82, 2.24) is 24.6 Å². The number of ether oxygens (including phenoxy) is 1. The number of fused-ring (bicyclic) bond motifs is 2. The van der Waals surface area contributed by atoms with E-state index in [-0.39, 0.29) is 40.1 Å². The second-order valence-electron chi connectivity index (χ2n) is 11.9. The summed E-state index contributed by atoms with van der Waals surface area (Å²) in [6, 6.07) is 6.09. The van der Waals surface area contributed by atoms with Crippen LogP contribution >= 0.6 is 0 Å². The van der Waals surface area contributed by atoms with Crippen LogP contribution in [0.25, 0.3) is 21.8 Å². The predicted molar refractivity (Wildman–Crippen MR) is 164 cm³/mol. The van der Waals surface area contributed by atoms with Crippen molar-refractivity contribution in [3.05, 3.63) is 48.0 Å². The van der Waals surface area contributed by atoms with Gasteiger partial charge in [-0.1, -0.05) is 6.92 Å². The van der Waals surface area contributed by atoms with E-state index in [9.17, 15) is 18.2 Å². The molecule has 1 aliphatic rings. The van der Waals surface area contributed by atoms with E-state index < -0.39 is 28.1 Å². The summed E-state index contributed by atoms with van der Waals surface area (Å²) >= 11 is 0. The van der Waals surface area contributed by atoms with Crippen molar-refractivity contribution < 1.29 is 22.9 Å². The van der Waals surface area contributed by atoms with Gasteiger partial charge in [-0.15, -0.1) is 0 Å². The molecule has 1 unspecified atom stereocenters. The van der Waals surface area contributed by atoms with Gasteiger partial charge in [0.25, 0.3) is 5.91 Å². The van der Waals surface area contributed by atoms with Crippen molar-refractivity contribution in [3.63, 3.8) is 0 Å². The van der Waals surface area contributed by atoms with Gasteiger partial charge in [0, 0.05) is 60.9 Å². The third-order valence-electron chi connectivity index (χ3n) is 7.34. The lowest BCUT2D eigenvalue weighted by molar-refractivity contribution is 0.00293. The lowest BCUT2D eigenvalue weighted by Gasteiger charge is -2.46. The van der Waals surface area contributed by atoms with Crippen molar-refractivity contribution in [2.75, 3.05) is 29.6 Å². The van der Waals surface area contributed by atoms with Gasteiger partial charge in [0.1, 0.15) is 11.1 Å². The highest BCUT2D eigenvalue weighted by Crippen LogP contribution is 2.33. The van der Waals surface area contributed by atoms with Crippen LogP contribution in [-0.4, -0.2) is 77.9 Å². The number of anilines is 2. The number of hydrogen-bond donors (Lipinski definition) is 1. The van der Waals surface area contributed by atoms with Crippen LogP contribution in [-0.2, 0) is 22.6 Å². The Morgan fingerprint density at radius 1 is 1.19 bits per heavy atom. The number of aromatic nitrogens is 4. The molecule has 1 N–H and O–H groups in total. The number of hydrogen-bond acceptors (Lipinski definition) is 8. The van der Waals surface area contributed by atoms with Gasteiger partial charge in [0.05, 0.1) is 34.0 Å². The highest BCUT2D eigenvalue weighted by atomic mass is 32.2. The summed E-state index contributed by atoms with van der Waals surface area (Å²) in [7, 11) is 0.207. The van der Waals surface area contributed by atoms with Gasteiger partial charge in [-0.3, -0.25) is 18.6 Å². The van der Waals surface area contributed by atoms with Crippen molar-refractivity contribution in [2.24, 2.45) is 7.05 Å². The van der Waals surface area contributed by atoms with Crippen LogP contribution in [0.2, 0.25) is 0 Å². The highest BCUT2D eigenvalue weighted by Gasteiger charge is 2.37. The van der Waals surface area contributed by atoms with E-state index in [1.165, 1.54) is 17.0 Å². The molecular weight excluding hydrogens is 573 g/mol. The molecule has 2 aromatic heterocycles. The molecule has 2 aromatic carbocycles. The normalized spacial score (nSPS) is 18.2. The summed E-state index contributed by atoms with van der Waals surface area (Å²) in [6.45, 7) is 10.6. The number of piperazine rings is 1. The Hall–Kier alpha value is -4.13. The lowest BCUT2D eigenvalue weighted by Crippen LogP contribution is -2.60. The lowest BCUT2D eigenvalue weighted by atomic mass is 10.0. The van der Waals surface area contributed by atoms with Crippen molar-refractivity contribution in [2.45, 2.75) is 63.9 Å². The number of halogens is 1. The van der Waals surface area contributed by atoms with Crippen molar-refractivity contribution in [3.8, 4) is 0 Å². The number of amides is 2. The molecule has 0 aliphatic carbocycles. The average Bonchev–Trinajstić information content (AvgIpc) is 3.31. The summed E-state index contributed by atoms with van der Waals surface area (Å²) < 4.78 is 34.2. The quantitative estimate of drug-likeness (QED) is 0.318. The second-order valence-corrected chi connectivity index (χ2v) is 13.1. The predicted octanol–water partition coefficient (Wildman–Crippen LogP) is 4.87. The van der Waals surface area contributed by atoms with Crippen LogP contribution in [0.15, 0.2) is 41.8 Å². The van der Waals surface area contributed by atoms with Crippen LogP contribution in [0.1, 0.15) is 51.4 Å². The van der Waals surface area contributed by atoms with Crippen LogP contribution < -0.4 is 10.2 Å².